The molecule has 2 aromatic rings. The zero-order valence-electron chi connectivity index (χ0n) is 14.7. The molecule has 0 aliphatic carbocycles. The minimum absolute atomic E-state index is 0.0935. The fraction of sp³-hybridized carbons (Fsp3) is 0.316. The summed E-state index contributed by atoms with van der Waals surface area (Å²) in [5.41, 5.74) is 2.11. The number of amides is 3. The van der Waals surface area contributed by atoms with Crippen LogP contribution < -0.4 is 15.5 Å². The van der Waals surface area contributed by atoms with Gasteiger partial charge in [0, 0.05) is 50.8 Å². The van der Waals surface area contributed by atoms with Crippen molar-refractivity contribution >= 4 is 29.2 Å². The van der Waals surface area contributed by atoms with Crippen LogP contribution in [-0.4, -0.2) is 54.5 Å². The number of nitrogens with zero attached hydrogens (tertiary/aromatic N) is 3. The zero-order chi connectivity index (χ0) is 18.8. The van der Waals surface area contributed by atoms with Gasteiger partial charge in [-0.1, -0.05) is 11.6 Å². The molecular weight excluding hydrogens is 366 g/mol. The van der Waals surface area contributed by atoms with E-state index >= 15 is 0 Å². The summed E-state index contributed by atoms with van der Waals surface area (Å²) < 4.78 is 0. The number of pyridine rings is 1. The van der Waals surface area contributed by atoms with Crippen LogP contribution in [0.2, 0.25) is 5.02 Å². The number of nitrogens with one attached hydrogen (secondary N) is 2. The minimum atomic E-state index is -0.160. The summed E-state index contributed by atoms with van der Waals surface area (Å²) in [7, 11) is 0. The monoisotopic (exact) mass is 385 g/mol. The smallest absolute Gasteiger partial charge is 0.321 e. The average molecular weight is 386 g/mol. The molecule has 2 saturated heterocycles. The molecule has 140 valence electrons. The molecule has 7 nitrogen and oxygen atoms in total. The summed E-state index contributed by atoms with van der Waals surface area (Å²) in [6, 6.07) is 8.74. The molecule has 3 heterocycles. The Balaban J connectivity index is 1.65. The Kier molecular flexibility index (Phi) is 4.96. The van der Waals surface area contributed by atoms with E-state index < -0.39 is 0 Å². The van der Waals surface area contributed by atoms with Crippen LogP contribution >= 0.6 is 11.6 Å². The van der Waals surface area contributed by atoms with Crippen LogP contribution in [0.4, 0.5) is 10.5 Å². The highest BCUT2D eigenvalue weighted by Gasteiger charge is 2.30. The van der Waals surface area contributed by atoms with Crippen molar-refractivity contribution in [1.29, 1.82) is 0 Å². The first-order valence-corrected chi connectivity index (χ1v) is 9.29. The number of carbonyl (C=O) groups excluding carboxylic acids is 2. The highest BCUT2D eigenvalue weighted by Crippen LogP contribution is 2.29. The molecule has 1 unspecified atom stereocenters. The number of halogens is 1. The maximum absolute atomic E-state index is 13.3. The van der Waals surface area contributed by atoms with Crippen LogP contribution in [0.3, 0.4) is 0 Å². The van der Waals surface area contributed by atoms with Gasteiger partial charge in [-0.25, -0.2) is 4.79 Å². The van der Waals surface area contributed by atoms with E-state index in [9.17, 15) is 9.59 Å². The maximum Gasteiger partial charge on any atom is 0.321 e. The molecule has 0 radical (unpaired) electrons. The van der Waals surface area contributed by atoms with Gasteiger partial charge in [-0.15, -0.1) is 0 Å². The molecule has 2 aliphatic rings. The number of urea groups is 1. The molecule has 0 saturated carbocycles. The van der Waals surface area contributed by atoms with E-state index in [0.29, 0.717) is 42.5 Å². The first-order valence-electron chi connectivity index (χ1n) is 8.91. The SMILES string of the molecule is O=C1NCCN1c1ccc(Cl)c(C(=O)N2CCNCC2c2ccncc2)c1. The van der Waals surface area contributed by atoms with Crippen molar-refractivity contribution in [3.63, 3.8) is 0 Å². The standard InChI is InChI=1S/C19H20ClN5O2/c20-16-2-1-14(24-10-8-23-19(24)27)11-15(16)18(26)25-9-7-22-12-17(25)13-3-5-21-6-4-13/h1-6,11,17,22H,7-10,12H2,(H,23,27). The topological polar surface area (TPSA) is 77.6 Å². The van der Waals surface area contributed by atoms with Gasteiger partial charge in [0.15, 0.2) is 0 Å². The third-order valence-electron chi connectivity index (χ3n) is 4.94. The van der Waals surface area contributed by atoms with Gasteiger partial charge < -0.3 is 15.5 Å². The van der Waals surface area contributed by atoms with Gasteiger partial charge in [0.2, 0.25) is 0 Å². The highest BCUT2D eigenvalue weighted by atomic mass is 35.5. The third kappa shape index (κ3) is 3.48. The molecule has 2 fully saturated rings. The Labute approximate surface area is 162 Å². The summed E-state index contributed by atoms with van der Waals surface area (Å²) in [6.07, 6.45) is 3.46. The van der Waals surface area contributed by atoms with Crippen LogP contribution in [0.25, 0.3) is 0 Å². The first-order chi connectivity index (χ1) is 13.1. The lowest BCUT2D eigenvalue weighted by Gasteiger charge is -2.36. The van der Waals surface area contributed by atoms with Crippen molar-refractivity contribution in [3.8, 4) is 0 Å². The third-order valence-corrected chi connectivity index (χ3v) is 5.27. The van der Waals surface area contributed by atoms with E-state index in [-0.39, 0.29) is 18.0 Å². The molecule has 4 rings (SSSR count). The second-order valence-corrected chi connectivity index (χ2v) is 6.95. The van der Waals surface area contributed by atoms with Gasteiger partial charge in [0.1, 0.15) is 0 Å². The van der Waals surface area contributed by atoms with Crippen LogP contribution in [0.15, 0.2) is 42.7 Å². The average Bonchev–Trinajstić information content (AvgIpc) is 3.14. The summed E-state index contributed by atoms with van der Waals surface area (Å²) in [5, 5.41) is 6.49. The summed E-state index contributed by atoms with van der Waals surface area (Å²) in [4.78, 5) is 32.8. The lowest BCUT2D eigenvalue weighted by Crippen LogP contribution is -2.48. The van der Waals surface area contributed by atoms with Gasteiger partial charge >= 0.3 is 6.03 Å². The van der Waals surface area contributed by atoms with E-state index in [2.05, 4.69) is 15.6 Å². The van der Waals surface area contributed by atoms with Crippen LogP contribution in [0.1, 0.15) is 22.0 Å². The second-order valence-electron chi connectivity index (χ2n) is 6.55. The van der Waals surface area contributed by atoms with E-state index in [1.54, 1.807) is 35.5 Å². The Morgan fingerprint density at radius 3 is 2.70 bits per heavy atom. The Morgan fingerprint density at radius 1 is 1.15 bits per heavy atom. The van der Waals surface area contributed by atoms with Crippen LogP contribution in [0.5, 0.6) is 0 Å². The number of piperazine rings is 1. The Morgan fingerprint density at radius 2 is 1.96 bits per heavy atom. The van der Waals surface area contributed by atoms with Gasteiger partial charge in [-0.2, -0.15) is 0 Å². The molecule has 3 amide bonds. The largest absolute Gasteiger partial charge is 0.336 e. The van der Waals surface area contributed by atoms with Crippen molar-refractivity contribution < 1.29 is 9.59 Å². The van der Waals surface area contributed by atoms with Gasteiger partial charge in [-0.3, -0.25) is 14.7 Å². The second kappa shape index (κ2) is 7.54. The van der Waals surface area contributed by atoms with Gasteiger partial charge in [0.05, 0.1) is 16.6 Å². The summed E-state index contributed by atoms with van der Waals surface area (Å²) >= 11 is 6.35. The summed E-state index contributed by atoms with van der Waals surface area (Å²) in [5.74, 6) is -0.134. The Bertz CT molecular complexity index is 860. The molecule has 8 heteroatoms. The number of anilines is 1. The lowest BCUT2D eigenvalue weighted by molar-refractivity contribution is 0.0634. The molecule has 1 aromatic carbocycles. The highest BCUT2D eigenvalue weighted by molar-refractivity contribution is 6.34. The molecule has 1 atom stereocenters. The molecule has 2 N–H and O–H groups in total. The van der Waals surface area contributed by atoms with Gasteiger partial charge in [-0.05, 0) is 35.9 Å². The number of hydrogen-bond donors (Lipinski definition) is 2. The van der Waals surface area contributed by atoms with Crippen LogP contribution in [0, 0.1) is 0 Å². The minimum Gasteiger partial charge on any atom is -0.336 e. The predicted molar refractivity (Wildman–Crippen MR) is 103 cm³/mol. The molecule has 0 bridgehead atoms. The van der Waals surface area contributed by atoms with Crippen molar-refractivity contribution in [2.24, 2.45) is 0 Å². The molecule has 1 aromatic heterocycles. The van der Waals surface area contributed by atoms with E-state index in [1.807, 2.05) is 17.0 Å². The quantitative estimate of drug-likeness (QED) is 0.847. The molecule has 2 aliphatic heterocycles. The zero-order valence-corrected chi connectivity index (χ0v) is 15.4. The van der Waals surface area contributed by atoms with Crippen molar-refractivity contribution in [2.45, 2.75) is 6.04 Å². The first kappa shape index (κ1) is 17.8. The van der Waals surface area contributed by atoms with E-state index in [0.717, 1.165) is 12.1 Å². The van der Waals surface area contributed by atoms with E-state index in [1.165, 1.54) is 0 Å². The van der Waals surface area contributed by atoms with Crippen LogP contribution in [-0.2, 0) is 0 Å². The van der Waals surface area contributed by atoms with Crippen molar-refractivity contribution in [1.82, 2.24) is 20.5 Å². The van der Waals surface area contributed by atoms with E-state index in [4.69, 9.17) is 11.6 Å². The maximum atomic E-state index is 13.3. The number of hydrogen-bond acceptors (Lipinski definition) is 4. The van der Waals surface area contributed by atoms with Crippen molar-refractivity contribution in [3.05, 3.63) is 58.9 Å². The number of carbonyl (C=O) groups is 2. The lowest BCUT2D eigenvalue weighted by atomic mass is 10.0. The fourth-order valence-corrected chi connectivity index (χ4v) is 3.75. The molecule has 0 spiro atoms. The number of rotatable bonds is 3. The molecular formula is C19H20ClN5O2. The number of benzene rings is 1. The van der Waals surface area contributed by atoms with Gasteiger partial charge in [0.25, 0.3) is 5.91 Å². The Hall–Kier alpha value is -2.64. The normalized spacial score (nSPS) is 19.9. The van der Waals surface area contributed by atoms with Crippen molar-refractivity contribution in [2.75, 3.05) is 37.6 Å². The number of aromatic nitrogens is 1. The predicted octanol–water partition coefficient (Wildman–Crippen LogP) is 2.05. The summed E-state index contributed by atoms with van der Waals surface area (Å²) in [6.45, 7) is 3.13. The molecule has 27 heavy (non-hydrogen) atoms. The fourth-order valence-electron chi connectivity index (χ4n) is 3.55.